The minimum atomic E-state index is 0.424. The normalized spacial score (nSPS) is 10.8. The van der Waals surface area contributed by atoms with Gasteiger partial charge in [-0.05, 0) is 37.5 Å². The zero-order valence-corrected chi connectivity index (χ0v) is 11.9. The van der Waals surface area contributed by atoms with E-state index in [1.165, 1.54) is 16.5 Å². The van der Waals surface area contributed by atoms with Gasteiger partial charge in [-0.3, -0.25) is 4.68 Å². The van der Waals surface area contributed by atoms with Gasteiger partial charge >= 0.3 is 0 Å². The summed E-state index contributed by atoms with van der Waals surface area (Å²) in [7, 11) is 0. The zero-order valence-electron chi connectivity index (χ0n) is 11.9. The van der Waals surface area contributed by atoms with Gasteiger partial charge in [-0.2, -0.15) is 5.10 Å². The molecule has 0 N–H and O–H groups in total. The second-order valence-corrected chi connectivity index (χ2v) is 4.66. The van der Waals surface area contributed by atoms with Crippen LogP contribution in [0, 0.1) is 0 Å². The Bertz CT molecular complexity index is 467. The molecule has 2 heteroatoms. The van der Waals surface area contributed by atoms with Crippen LogP contribution in [-0.2, 0) is 0 Å². The van der Waals surface area contributed by atoms with Crippen LogP contribution in [0.2, 0.25) is 0 Å². The van der Waals surface area contributed by atoms with E-state index < -0.39 is 0 Å². The van der Waals surface area contributed by atoms with E-state index >= 15 is 0 Å². The molecule has 1 aromatic heterocycles. The zero-order chi connectivity index (χ0) is 13.0. The molecule has 0 aliphatic rings. The Balaban J connectivity index is 0.000000686. The summed E-state index contributed by atoms with van der Waals surface area (Å²) in [5, 5.41) is 5.66. The van der Waals surface area contributed by atoms with Crippen molar-refractivity contribution in [1.82, 2.24) is 9.78 Å². The lowest BCUT2D eigenvalue weighted by Crippen LogP contribution is -2.01. The second kappa shape index (κ2) is 5.85. The third-order valence-electron chi connectivity index (χ3n) is 2.78. The Labute approximate surface area is 105 Å². The molecule has 94 valence electrons. The first-order valence-corrected chi connectivity index (χ1v) is 6.56. The summed E-state index contributed by atoms with van der Waals surface area (Å²) < 4.78 is 2.07. The molecule has 2 aromatic rings. The van der Waals surface area contributed by atoms with Crippen LogP contribution in [0.4, 0.5) is 0 Å². The van der Waals surface area contributed by atoms with Crippen molar-refractivity contribution < 1.29 is 0 Å². The maximum absolute atomic E-state index is 4.41. The van der Waals surface area contributed by atoms with Gasteiger partial charge in [-0.15, -0.1) is 0 Å². The third-order valence-corrected chi connectivity index (χ3v) is 2.78. The molecule has 0 aliphatic heterocycles. The molecule has 0 unspecified atom stereocenters. The summed E-state index contributed by atoms with van der Waals surface area (Å²) in [5.41, 5.74) is 2.61. The van der Waals surface area contributed by atoms with Gasteiger partial charge in [0, 0.05) is 11.4 Å². The van der Waals surface area contributed by atoms with Crippen molar-refractivity contribution in [3.63, 3.8) is 0 Å². The van der Waals surface area contributed by atoms with Crippen molar-refractivity contribution >= 4 is 10.9 Å². The van der Waals surface area contributed by atoms with Crippen molar-refractivity contribution in [2.75, 3.05) is 0 Å². The van der Waals surface area contributed by atoms with Gasteiger partial charge in [0.2, 0.25) is 0 Å². The Morgan fingerprint density at radius 2 is 1.71 bits per heavy atom. The van der Waals surface area contributed by atoms with E-state index in [-0.39, 0.29) is 0 Å². The smallest absolute Gasteiger partial charge is 0.0685 e. The van der Waals surface area contributed by atoms with Gasteiger partial charge in [-0.25, -0.2) is 0 Å². The quantitative estimate of drug-likeness (QED) is 0.729. The predicted octanol–water partition coefficient (Wildman–Crippen LogP) is 4.77. The van der Waals surface area contributed by atoms with Crippen molar-refractivity contribution in [2.45, 2.75) is 53.5 Å². The molecule has 0 atom stereocenters. The molecule has 1 heterocycles. The first-order chi connectivity index (χ1) is 8.09. The summed E-state index contributed by atoms with van der Waals surface area (Å²) in [4.78, 5) is 0. The average Bonchev–Trinajstić information content (AvgIpc) is 2.74. The Morgan fingerprint density at radius 3 is 2.24 bits per heavy atom. The molecule has 2 rings (SSSR count). The molecule has 0 aliphatic carbocycles. The fourth-order valence-electron chi connectivity index (χ4n) is 1.84. The standard InChI is InChI=1S/C13H18N2.C2H6/c1-9(2)11-5-6-13-12(7-11)8-14-15(13)10(3)4;1-2/h5-10H,1-4H3;1-2H3. The van der Waals surface area contributed by atoms with Gasteiger partial charge in [0.15, 0.2) is 0 Å². The highest BCUT2D eigenvalue weighted by Crippen LogP contribution is 2.22. The van der Waals surface area contributed by atoms with Crippen LogP contribution in [0.1, 0.15) is 59.1 Å². The van der Waals surface area contributed by atoms with Crippen LogP contribution < -0.4 is 0 Å². The first kappa shape index (κ1) is 13.8. The van der Waals surface area contributed by atoms with Gasteiger partial charge < -0.3 is 0 Å². The number of fused-ring (bicyclic) bond motifs is 1. The average molecular weight is 232 g/mol. The van der Waals surface area contributed by atoms with Crippen LogP contribution in [0.3, 0.4) is 0 Å². The maximum atomic E-state index is 4.41. The summed E-state index contributed by atoms with van der Waals surface area (Å²) in [5.74, 6) is 0.580. The monoisotopic (exact) mass is 232 g/mol. The van der Waals surface area contributed by atoms with Gasteiger partial charge in [0.25, 0.3) is 0 Å². The fraction of sp³-hybridized carbons (Fsp3) is 0.533. The first-order valence-electron chi connectivity index (χ1n) is 6.56. The molecule has 0 saturated carbocycles. The Kier molecular flexibility index (Phi) is 4.73. The number of hydrogen-bond donors (Lipinski definition) is 0. The lowest BCUT2D eigenvalue weighted by molar-refractivity contribution is 0.551. The summed E-state index contributed by atoms with van der Waals surface area (Å²) >= 11 is 0. The van der Waals surface area contributed by atoms with Crippen LogP contribution in [0.15, 0.2) is 24.4 Å². The SMILES string of the molecule is CC.CC(C)c1ccc2c(cnn2C(C)C)c1. The number of benzene rings is 1. The van der Waals surface area contributed by atoms with Crippen LogP contribution in [0.25, 0.3) is 10.9 Å². The van der Waals surface area contributed by atoms with E-state index in [1.807, 2.05) is 20.0 Å². The number of aromatic nitrogens is 2. The second-order valence-electron chi connectivity index (χ2n) is 4.66. The molecular formula is C15H24N2. The molecular weight excluding hydrogens is 208 g/mol. The molecule has 17 heavy (non-hydrogen) atoms. The Morgan fingerprint density at radius 1 is 1.06 bits per heavy atom. The highest BCUT2D eigenvalue weighted by Gasteiger charge is 2.07. The topological polar surface area (TPSA) is 17.8 Å². The summed E-state index contributed by atoms with van der Waals surface area (Å²) in [6.45, 7) is 12.7. The van der Waals surface area contributed by atoms with Crippen molar-refractivity contribution in [3.8, 4) is 0 Å². The summed E-state index contributed by atoms with van der Waals surface area (Å²) in [6, 6.07) is 7.05. The van der Waals surface area contributed by atoms with E-state index in [1.54, 1.807) is 0 Å². The lowest BCUT2D eigenvalue weighted by atomic mass is 10.0. The number of nitrogens with zero attached hydrogens (tertiary/aromatic N) is 2. The minimum absolute atomic E-state index is 0.424. The van der Waals surface area contributed by atoms with E-state index in [2.05, 4.69) is 55.7 Å². The minimum Gasteiger partial charge on any atom is -0.262 e. The maximum Gasteiger partial charge on any atom is 0.0685 e. The van der Waals surface area contributed by atoms with Crippen molar-refractivity contribution in [3.05, 3.63) is 30.0 Å². The van der Waals surface area contributed by atoms with Gasteiger partial charge in [-0.1, -0.05) is 33.8 Å². The molecule has 0 saturated heterocycles. The molecule has 0 bridgehead atoms. The lowest BCUT2D eigenvalue weighted by Gasteiger charge is -2.08. The summed E-state index contributed by atoms with van der Waals surface area (Å²) in [6.07, 6.45) is 1.96. The van der Waals surface area contributed by atoms with Crippen LogP contribution in [-0.4, -0.2) is 9.78 Å². The van der Waals surface area contributed by atoms with E-state index in [9.17, 15) is 0 Å². The molecule has 0 spiro atoms. The predicted molar refractivity (Wildman–Crippen MR) is 75.6 cm³/mol. The van der Waals surface area contributed by atoms with Crippen LogP contribution in [0.5, 0.6) is 0 Å². The molecule has 0 amide bonds. The van der Waals surface area contributed by atoms with E-state index in [4.69, 9.17) is 0 Å². The largest absolute Gasteiger partial charge is 0.262 e. The van der Waals surface area contributed by atoms with Gasteiger partial charge in [0.1, 0.15) is 0 Å². The van der Waals surface area contributed by atoms with Crippen LogP contribution >= 0.6 is 0 Å². The Hall–Kier alpha value is -1.31. The highest BCUT2D eigenvalue weighted by atomic mass is 15.3. The molecule has 2 nitrogen and oxygen atoms in total. The third kappa shape index (κ3) is 2.87. The highest BCUT2D eigenvalue weighted by molar-refractivity contribution is 5.79. The van der Waals surface area contributed by atoms with E-state index in [0.29, 0.717) is 12.0 Å². The van der Waals surface area contributed by atoms with Gasteiger partial charge in [0.05, 0.1) is 11.7 Å². The molecule has 1 aromatic carbocycles. The molecule has 0 fully saturated rings. The number of hydrogen-bond acceptors (Lipinski definition) is 1. The van der Waals surface area contributed by atoms with Crippen molar-refractivity contribution in [2.24, 2.45) is 0 Å². The number of rotatable bonds is 2. The van der Waals surface area contributed by atoms with E-state index in [0.717, 1.165) is 0 Å². The van der Waals surface area contributed by atoms with Crippen molar-refractivity contribution in [1.29, 1.82) is 0 Å². The molecule has 0 radical (unpaired) electrons. The fourth-order valence-corrected chi connectivity index (χ4v) is 1.84.